The molecule has 1 N–H and O–H groups in total. The van der Waals surface area contributed by atoms with Gasteiger partial charge in [-0.1, -0.05) is 18.2 Å². The van der Waals surface area contributed by atoms with Crippen molar-refractivity contribution < 1.29 is 4.74 Å². The molecule has 1 aliphatic heterocycles. The Morgan fingerprint density at radius 1 is 1.20 bits per heavy atom. The van der Waals surface area contributed by atoms with Gasteiger partial charge >= 0.3 is 0 Å². The molecule has 5 rings (SSSR count). The monoisotopic (exact) mass is 402 g/mol. The third kappa shape index (κ3) is 3.31. The van der Waals surface area contributed by atoms with Crippen LogP contribution in [0.5, 0.6) is 5.75 Å². The summed E-state index contributed by atoms with van der Waals surface area (Å²) in [7, 11) is 1.72. The van der Waals surface area contributed by atoms with E-state index >= 15 is 0 Å². The summed E-state index contributed by atoms with van der Waals surface area (Å²) in [5, 5.41) is 0. The average molecular weight is 402 g/mol. The van der Waals surface area contributed by atoms with Crippen LogP contribution in [0.4, 0.5) is 0 Å². The van der Waals surface area contributed by atoms with Crippen molar-refractivity contribution in [2.24, 2.45) is 0 Å². The van der Waals surface area contributed by atoms with E-state index in [4.69, 9.17) is 9.72 Å². The third-order valence-corrected chi connectivity index (χ3v) is 6.55. The summed E-state index contributed by atoms with van der Waals surface area (Å²) in [6.45, 7) is 2.81. The number of H-pyrrole nitrogens is 1. The zero-order chi connectivity index (χ0) is 20.6. The molecule has 30 heavy (non-hydrogen) atoms. The molecule has 1 saturated heterocycles. The van der Waals surface area contributed by atoms with E-state index in [9.17, 15) is 4.79 Å². The van der Waals surface area contributed by atoms with Crippen LogP contribution >= 0.6 is 0 Å². The van der Waals surface area contributed by atoms with Crippen molar-refractivity contribution in [2.45, 2.75) is 37.6 Å². The molecule has 6 nitrogen and oxygen atoms in total. The topological polar surface area (TPSA) is 71.1 Å². The van der Waals surface area contributed by atoms with E-state index in [1.54, 1.807) is 19.5 Å². The number of hydrogen-bond acceptors (Lipinski definition) is 5. The number of aromatic nitrogens is 3. The quantitative estimate of drug-likeness (QED) is 0.725. The minimum Gasteiger partial charge on any atom is -0.496 e. The molecule has 154 valence electrons. The van der Waals surface area contributed by atoms with Gasteiger partial charge in [0.2, 0.25) is 0 Å². The second kappa shape index (κ2) is 7.69. The Labute approximate surface area is 176 Å². The van der Waals surface area contributed by atoms with Crippen LogP contribution in [-0.4, -0.2) is 40.1 Å². The summed E-state index contributed by atoms with van der Waals surface area (Å²) in [5.74, 6) is 1.55. The highest BCUT2D eigenvalue weighted by Crippen LogP contribution is 2.43. The lowest BCUT2D eigenvalue weighted by molar-refractivity contribution is 0.135. The standard InChI is InChI=1S/C24H26N4O2/c1-30-20-8-3-2-6-18(20)15-28-13-5-10-24(16-28)11-9-19-21(24)26-22(27-23(19)29)17-7-4-12-25-14-17/h2-4,6-8,12,14H,5,9-11,13,15-16H2,1H3,(H,26,27,29). The highest BCUT2D eigenvalue weighted by molar-refractivity contribution is 5.54. The lowest BCUT2D eigenvalue weighted by atomic mass is 9.77. The van der Waals surface area contributed by atoms with Gasteiger partial charge in [-0.25, -0.2) is 4.98 Å². The number of piperidine rings is 1. The summed E-state index contributed by atoms with van der Waals surface area (Å²) < 4.78 is 5.55. The number of para-hydroxylation sites is 1. The first-order chi connectivity index (χ1) is 14.7. The van der Waals surface area contributed by atoms with Gasteiger partial charge < -0.3 is 9.72 Å². The van der Waals surface area contributed by atoms with E-state index in [1.807, 2.05) is 24.3 Å². The van der Waals surface area contributed by atoms with Gasteiger partial charge in [0, 0.05) is 47.6 Å². The number of aromatic amines is 1. The van der Waals surface area contributed by atoms with Crippen LogP contribution in [0, 0.1) is 0 Å². The molecule has 2 aromatic heterocycles. The van der Waals surface area contributed by atoms with Gasteiger partial charge in [0.15, 0.2) is 0 Å². The molecule has 2 aliphatic rings. The van der Waals surface area contributed by atoms with E-state index in [1.165, 1.54) is 5.56 Å². The number of hydrogen-bond donors (Lipinski definition) is 1. The Morgan fingerprint density at radius 2 is 2.10 bits per heavy atom. The van der Waals surface area contributed by atoms with E-state index in [0.717, 1.165) is 67.9 Å². The van der Waals surface area contributed by atoms with Crippen molar-refractivity contribution in [1.82, 2.24) is 19.9 Å². The van der Waals surface area contributed by atoms with Crippen molar-refractivity contribution in [3.05, 3.63) is 76.0 Å². The Balaban J connectivity index is 1.48. The van der Waals surface area contributed by atoms with Gasteiger partial charge in [-0.2, -0.15) is 0 Å². The van der Waals surface area contributed by atoms with Crippen LogP contribution < -0.4 is 10.3 Å². The van der Waals surface area contributed by atoms with Crippen molar-refractivity contribution in [2.75, 3.05) is 20.2 Å². The van der Waals surface area contributed by atoms with E-state index in [-0.39, 0.29) is 11.0 Å². The molecule has 1 aliphatic carbocycles. The SMILES string of the molecule is COc1ccccc1CN1CCCC2(CCc3c2nc(-c2cccnc2)[nH]c3=O)C1. The van der Waals surface area contributed by atoms with Crippen LogP contribution in [0.3, 0.4) is 0 Å². The second-order valence-corrected chi connectivity index (χ2v) is 8.39. The smallest absolute Gasteiger partial charge is 0.254 e. The molecule has 1 atom stereocenters. The summed E-state index contributed by atoms with van der Waals surface area (Å²) in [5.41, 5.74) is 3.85. The normalized spacial score (nSPS) is 21.0. The van der Waals surface area contributed by atoms with E-state index in [2.05, 4.69) is 27.0 Å². The predicted molar refractivity (Wildman–Crippen MR) is 116 cm³/mol. The lowest BCUT2D eigenvalue weighted by Gasteiger charge is -2.40. The van der Waals surface area contributed by atoms with Crippen molar-refractivity contribution in [1.29, 1.82) is 0 Å². The fraction of sp³-hybridized carbons (Fsp3) is 0.375. The first-order valence-corrected chi connectivity index (χ1v) is 10.6. The number of rotatable bonds is 4. The van der Waals surface area contributed by atoms with Gasteiger partial charge in [0.05, 0.1) is 12.8 Å². The molecule has 1 spiro atoms. The predicted octanol–water partition coefficient (Wildman–Crippen LogP) is 3.32. The minimum absolute atomic E-state index is 0.00224. The van der Waals surface area contributed by atoms with Gasteiger partial charge in [0.1, 0.15) is 11.6 Å². The molecular weight excluding hydrogens is 376 g/mol. The first kappa shape index (κ1) is 19.0. The van der Waals surface area contributed by atoms with Crippen molar-refractivity contribution >= 4 is 0 Å². The Morgan fingerprint density at radius 3 is 2.93 bits per heavy atom. The van der Waals surface area contributed by atoms with E-state index in [0.29, 0.717) is 5.82 Å². The fourth-order valence-electron chi connectivity index (χ4n) is 5.12. The molecule has 3 heterocycles. The number of nitrogens with zero attached hydrogens (tertiary/aromatic N) is 3. The molecule has 6 heteroatoms. The Kier molecular flexibility index (Phi) is 4.87. The molecular formula is C24H26N4O2. The average Bonchev–Trinajstić information content (AvgIpc) is 3.13. The number of methoxy groups -OCH3 is 1. The first-order valence-electron chi connectivity index (χ1n) is 10.6. The summed E-state index contributed by atoms with van der Waals surface area (Å²) >= 11 is 0. The summed E-state index contributed by atoms with van der Waals surface area (Å²) in [4.78, 5) is 27.5. The highest BCUT2D eigenvalue weighted by Gasteiger charge is 2.44. The minimum atomic E-state index is -0.0547. The molecule has 1 fully saturated rings. The molecule has 0 radical (unpaired) electrons. The maximum absolute atomic E-state index is 12.8. The zero-order valence-corrected chi connectivity index (χ0v) is 17.2. The molecule has 0 bridgehead atoms. The lowest BCUT2D eigenvalue weighted by Crippen LogP contribution is -2.45. The maximum Gasteiger partial charge on any atom is 0.254 e. The van der Waals surface area contributed by atoms with Gasteiger partial charge in [0.25, 0.3) is 5.56 Å². The van der Waals surface area contributed by atoms with Gasteiger partial charge in [-0.05, 0) is 50.4 Å². The number of pyridine rings is 1. The van der Waals surface area contributed by atoms with Crippen molar-refractivity contribution in [3.63, 3.8) is 0 Å². The number of benzene rings is 1. The number of ether oxygens (including phenoxy) is 1. The highest BCUT2D eigenvalue weighted by atomic mass is 16.5. The third-order valence-electron chi connectivity index (χ3n) is 6.55. The van der Waals surface area contributed by atoms with Crippen LogP contribution in [0.25, 0.3) is 11.4 Å². The van der Waals surface area contributed by atoms with Gasteiger partial charge in [-0.3, -0.25) is 14.7 Å². The molecule has 1 aromatic carbocycles. The Bertz CT molecular complexity index is 1110. The largest absolute Gasteiger partial charge is 0.496 e. The van der Waals surface area contributed by atoms with Gasteiger partial charge in [-0.15, -0.1) is 0 Å². The fourth-order valence-corrected chi connectivity index (χ4v) is 5.12. The summed E-state index contributed by atoms with van der Waals surface area (Å²) in [6.07, 6.45) is 7.44. The Hall–Kier alpha value is -2.99. The molecule has 0 saturated carbocycles. The van der Waals surface area contributed by atoms with Crippen LogP contribution in [0.2, 0.25) is 0 Å². The summed E-state index contributed by atoms with van der Waals surface area (Å²) in [6, 6.07) is 12.0. The number of likely N-dealkylation sites (tertiary alicyclic amines) is 1. The number of fused-ring (bicyclic) bond motifs is 2. The van der Waals surface area contributed by atoms with E-state index < -0.39 is 0 Å². The molecule has 0 amide bonds. The zero-order valence-electron chi connectivity index (χ0n) is 17.2. The molecule has 1 unspecified atom stereocenters. The van der Waals surface area contributed by atoms with Crippen molar-refractivity contribution in [3.8, 4) is 17.1 Å². The van der Waals surface area contributed by atoms with Crippen LogP contribution in [0.15, 0.2) is 53.6 Å². The maximum atomic E-state index is 12.8. The second-order valence-electron chi connectivity index (χ2n) is 8.39. The molecule has 3 aromatic rings. The van der Waals surface area contributed by atoms with Crippen LogP contribution in [0.1, 0.15) is 36.1 Å². The van der Waals surface area contributed by atoms with Crippen LogP contribution in [-0.2, 0) is 18.4 Å². The number of nitrogens with one attached hydrogen (secondary N) is 1.